The van der Waals surface area contributed by atoms with Crippen molar-refractivity contribution >= 4 is 11.0 Å². The third kappa shape index (κ3) is 4.05. The molecule has 0 aliphatic carbocycles. The molecule has 0 aliphatic heterocycles. The Labute approximate surface area is 127 Å². The maximum Gasteiger partial charge on any atom is 0.123 e. The second kappa shape index (κ2) is 8.15. The Morgan fingerprint density at radius 3 is 2.76 bits per heavy atom. The van der Waals surface area contributed by atoms with E-state index in [0.717, 1.165) is 50.3 Å². The highest BCUT2D eigenvalue weighted by atomic mass is 16.5. The second-order valence-corrected chi connectivity index (χ2v) is 5.49. The van der Waals surface area contributed by atoms with Crippen LogP contribution in [-0.4, -0.2) is 29.3 Å². The number of aryl methyl sites for hydroxylation is 1. The Kier molecular flexibility index (Phi) is 6.21. The summed E-state index contributed by atoms with van der Waals surface area (Å²) < 4.78 is 7.62. The predicted octanol–water partition coefficient (Wildman–Crippen LogP) is 3.35. The van der Waals surface area contributed by atoms with Gasteiger partial charge in [0.25, 0.3) is 0 Å². The monoisotopic (exact) mass is 289 g/mol. The quantitative estimate of drug-likeness (QED) is 0.769. The van der Waals surface area contributed by atoms with Crippen molar-refractivity contribution in [3.8, 4) is 0 Å². The molecule has 0 aliphatic rings. The van der Waals surface area contributed by atoms with Crippen LogP contribution in [0.5, 0.6) is 0 Å². The standard InChI is InChI=1S/C17H27N3O/c1-4-8-14(13-21-3)18-12-17-19-15-9-6-7-10-16(15)20(17)11-5-2/h6-7,9-10,14,18H,4-5,8,11-13H2,1-3H3. The normalized spacial score (nSPS) is 12.9. The lowest BCUT2D eigenvalue weighted by Crippen LogP contribution is -2.33. The van der Waals surface area contributed by atoms with E-state index in [0.29, 0.717) is 6.04 Å². The largest absolute Gasteiger partial charge is 0.383 e. The van der Waals surface area contributed by atoms with Crippen LogP contribution in [0.2, 0.25) is 0 Å². The Morgan fingerprint density at radius 2 is 2.05 bits per heavy atom. The van der Waals surface area contributed by atoms with Crippen LogP contribution in [0.15, 0.2) is 24.3 Å². The first-order valence-corrected chi connectivity index (χ1v) is 7.96. The third-order valence-corrected chi connectivity index (χ3v) is 3.73. The number of hydrogen-bond donors (Lipinski definition) is 1. The van der Waals surface area contributed by atoms with E-state index in [9.17, 15) is 0 Å². The Balaban J connectivity index is 2.14. The first-order chi connectivity index (χ1) is 10.3. The van der Waals surface area contributed by atoms with Gasteiger partial charge in [0.1, 0.15) is 5.82 Å². The number of nitrogens with zero attached hydrogens (tertiary/aromatic N) is 2. The molecule has 4 nitrogen and oxygen atoms in total. The lowest BCUT2D eigenvalue weighted by Gasteiger charge is -2.17. The Hall–Kier alpha value is -1.39. The molecule has 4 heteroatoms. The second-order valence-electron chi connectivity index (χ2n) is 5.49. The molecule has 0 radical (unpaired) electrons. The van der Waals surface area contributed by atoms with E-state index in [1.165, 1.54) is 5.52 Å². The molecule has 0 spiro atoms. The summed E-state index contributed by atoms with van der Waals surface area (Å²) in [5.41, 5.74) is 2.32. The molecule has 116 valence electrons. The summed E-state index contributed by atoms with van der Waals surface area (Å²) in [5.74, 6) is 1.12. The molecule has 0 fully saturated rings. The van der Waals surface area contributed by atoms with Crippen molar-refractivity contribution < 1.29 is 4.74 Å². The number of hydrogen-bond acceptors (Lipinski definition) is 3. The van der Waals surface area contributed by atoms with E-state index >= 15 is 0 Å². The molecule has 21 heavy (non-hydrogen) atoms. The molecule has 2 rings (SSSR count). The number of nitrogens with one attached hydrogen (secondary N) is 1. The highest BCUT2D eigenvalue weighted by Crippen LogP contribution is 2.16. The van der Waals surface area contributed by atoms with E-state index in [2.05, 4.69) is 41.9 Å². The predicted molar refractivity (Wildman–Crippen MR) is 87.4 cm³/mol. The first-order valence-electron chi connectivity index (χ1n) is 7.96. The van der Waals surface area contributed by atoms with E-state index < -0.39 is 0 Å². The number of ether oxygens (including phenoxy) is 1. The fourth-order valence-electron chi connectivity index (χ4n) is 2.76. The molecule has 0 saturated heterocycles. The van der Waals surface area contributed by atoms with Gasteiger partial charge in [-0.1, -0.05) is 32.4 Å². The van der Waals surface area contributed by atoms with Crippen LogP contribution >= 0.6 is 0 Å². The van der Waals surface area contributed by atoms with Crippen molar-refractivity contribution in [3.05, 3.63) is 30.1 Å². The van der Waals surface area contributed by atoms with E-state index in [1.54, 1.807) is 7.11 Å². The van der Waals surface area contributed by atoms with Gasteiger partial charge in [-0.2, -0.15) is 0 Å². The topological polar surface area (TPSA) is 39.1 Å². The maximum absolute atomic E-state index is 5.29. The van der Waals surface area contributed by atoms with Gasteiger partial charge in [0.05, 0.1) is 24.2 Å². The van der Waals surface area contributed by atoms with Gasteiger partial charge in [-0.3, -0.25) is 0 Å². The van der Waals surface area contributed by atoms with Gasteiger partial charge >= 0.3 is 0 Å². The highest BCUT2D eigenvalue weighted by molar-refractivity contribution is 5.75. The van der Waals surface area contributed by atoms with Gasteiger partial charge in [-0.05, 0) is 25.0 Å². The number of imidazole rings is 1. The number of rotatable bonds is 9. The molecule has 1 atom stereocenters. The Bertz CT molecular complexity index is 544. The molecule has 1 aromatic carbocycles. The molecule has 1 heterocycles. The minimum Gasteiger partial charge on any atom is -0.383 e. The zero-order valence-corrected chi connectivity index (χ0v) is 13.4. The van der Waals surface area contributed by atoms with Crippen molar-refractivity contribution in [2.45, 2.75) is 52.2 Å². The highest BCUT2D eigenvalue weighted by Gasteiger charge is 2.12. The summed E-state index contributed by atoms with van der Waals surface area (Å²) in [5, 5.41) is 3.59. The molecule has 1 aromatic heterocycles. The van der Waals surface area contributed by atoms with Gasteiger partial charge in [-0.25, -0.2) is 4.98 Å². The molecular formula is C17H27N3O. The van der Waals surface area contributed by atoms with Crippen LogP contribution in [0, 0.1) is 0 Å². The number of aromatic nitrogens is 2. The molecule has 0 amide bonds. The van der Waals surface area contributed by atoms with E-state index in [1.807, 2.05) is 6.07 Å². The number of fused-ring (bicyclic) bond motifs is 1. The number of para-hydroxylation sites is 2. The average molecular weight is 289 g/mol. The fourth-order valence-corrected chi connectivity index (χ4v) is 2.76. The summed E-state index contributed by atoms with van der Waals surface area (Å²) in [6, 6.07) is 8.77. The smallest absolute Gasteiger partial charge is 0.123 e. The van der Waals surface area contributed by atoms with Crippen molar-refractivity contribution in [2.24, 2.45) is 0 Å². The zero-order chi connectivity index (χ0) is 15.1. The molecule has 2 aromatic rings. The van der Waals surface area contributed by atoms with Gasteiger partial charge in [0.15, 0.2) is 0 Å². The van der Waals surface area contributed by atoms with Crippen LogP contribution in [0.4, 0.5) is 0 Å². The maximum atomic E-state index is 5.29. The van der Waals surface area contributed by atoms with Crippen molar-refractivity contribution in [2.75, 3.05) is 13.7 Å². The number of benzene rings is 1. The molecule has 0 bridgehead atoms. The molecular weight excluding hydrogens is 262 g/mol. The van der Waals surface area contributed by atoms with Crippen LogP contribution < -0.4 is 5.32 Å². The van der Waals surface area contributed by atoms with Gasteiger partial charge in [-0.15, -0.1) is 0 Å². The van der Waals surface area contributed by atoms with Crippen LogP contribution in [-0.2, 0) is 17.8 Å². The first kappa shape index (κ1) is 16.0. The summed E-state index contributed by atoms with van der Waals surface area (Å²) in [7, 11) is 1.76. The lowest BCUT2D eigenvalue weighted by molar-refractivity contribution is 0.161. The van der Waals surface area contributed by atoms with Crippen molar-refractivity contribution in [1.29, 1.82) is 0 Å². The minimum absolute atomic E-state index is 0.398. The average Bonchev–Trinajstić information content (AvgIpc) is 2.84. The van der Waals surface area contributed by atoms with Crippen molar-refractivity contribution in [1.82, 2.24) is 14.9 Å². The Morgan fingerprint density at radius 1 is 1.24 bits per heavy atom. The van der Waals surface area contributed by atoms with E-state index in [4.69, 9.17) is 9.72 Å². The summed E-state index contributed by atoms with van der Waals surface area (Å²) in [4.78, 5) is 4.78. The van der Waals surface area contributed by atoms with Crippen LogP contribution in [0.25, 0.3) is 11.0 Å². The van der Waals surface area contributed by atoms with Crippen molar-refractivity contribution in [3.63, 3.8) is 0 Å². The van der Waals surface area contributed by atoms with E-state index in [-0.39, 0.29) is 0 Å². The van der Waals surface area contributed by atoms with Crippen LogP contribution in [0.1, 0.15) is 38.9 Å². The van der Waals surface area contributed by atoms with Gasteiger partial charge in [0.2, 0.25) is 0 Å². The minimum atomic E-state index is 0.398. The molecule has 0 saturated carbocycles. The van der Waals surface area contributed by atoms with Gasteiger partial charge in [0, 0.05) is 19.7 Å². The lowest BCUT2D eigenvalue weighted by atomic mass is 10.2. The summed E-state index contributed by atoms with van der Waals surface area (Å²) in [6.45, 7) is 6.97. The summed E-state index contributed by atoms with van der Waals surface area (Å²) >= 11 is 0. The SMILES string of the molecule is CCCC(COC)NCc1nc2ccccc2n1CCC. The zero-order valence-electron chi connectivity index (χ0n) is 13.4. The molecule has 1 N–H and O–H groups in total. The number of methoxy groups -OCH3 is 1. The molecule has 1 unspecified atom stereocenters. The third-order valence-electron chi connectivity index (χ3n) is 3.73. The van der Waals surface area contributed by atoms with Crippen LogP contribution in [0.3, 0.4) is 0 Å². The summed E-state index contributed by atoms with van der Waals surface area (Å²) in [6.07, 6.45) is 3.40. The fraction of sp³-hybridized carbons (Fsp3) is 0.588. The van der Waals surface area contributed by atoms with Gasteiger partial charge < -0.3 is 14.6 Å².